The summed E-state index contributed by atoms with van der Waals surface area (Å²) in [5, 5.41) is 18.6. The first-order valence-corrected chi connectivity index (χ1v) is 10.8. The third-order valence-electron chi connectivity index (χ3n) is 5.62. The number of carboxylic acids is 2. The van der Waals surface area contributed by atoms with E-state index in [4.69, 9.17) is 0 Å². The van der Waals surface area contributed by atoms with Crippen molar-refractivity contribution >= 4 is 29.3 Å². The minimum absolute atomic E-state index is 0.0498. The molecule has 7 nitrogen and oxygen atoms in total. The number of ketones is 3. The van der Waals surface area contributed by atoms with Crippen molar-refractivity contribution in [1.29, 1.82) is 0 Å². The van der Waals surface area contributed by atoms with E-state index in [0.29, 0.717) is 11.1 Å². The Bertz CT molecular complexity index is 1400. The minimum Gasteiger partial charge on any atom is -0.478 e. The summed E-state index contributed by atoms with van der Waals surface area (Å²) in [5.41, 5.74) is 0.951. The number of carboxylic acid groups (broad SMARTS) is 2. The summed E-state index contributed by atoms with van der Waals surface area (Å²) in [7, 11) is 0. The van der Waals surface area contributed by atoms with Crippen LogP contribution in [0.4, 0.5) is 0 Å². The molecule has 0 radical (unpaired) electrons. The zero-order valence-corrected chi connectivity index (χ0v) is 18.7. The number of carbonyl (C=O) groups is 5. The minimum atomic E-state index is -1.21. The Kier molecular flexibility index (Phi) is 6.65. The Morgan fingerprint density at radius 2 is 0.611 bits per heavy atom. The second-order valence-corrected chi connectivity index (χ2v) is 7.84. The van der Waals surface area contributed by atoms with Crippen molar-refractivity contribution in [1.82, 2.24) is 0 Å². The van der Waals surface area contributed by atoms with E-state index in [1.165, 1.54) is 84.9 Å². The molecule has 0 spiro atoms. The van der Waals surface area contributed by atoms with Crippen LogP contribution in [0, 0.1) is 0 Å². The summed E-state index contributed by atoms with van der Waals surface area (Å²) < 4.78 is 0. The number of hydrogen-bond donors (Lipinski definition) is 2. The zero-order chi connectivity index (χ0) is 25.8. The Morgan fingerprint density at radius 1 is 0.361 bits per heavy atom. The first-order chi connectivity index (χ1) is 17.3. The third kappa shape index (κ3) is 4.71. The van der Waals surface area contributed by atoms with Crippen molar-refractivity contribution in [2.75, 3.05) is 0 Å². The van der Waals surface area contributed by atoms with E-state index in [2.05, 4.69) is 0 Å². The first kappa shape index (κ1) is 24.0. The van der Waals surface area contributed by atoms with E-state index >= 15 is 0 Å². The Balaban J connectivity index is 1.54. The topological polar surface area (TPSA) is 126 Å². The van der Waals surface area contributed by atoms with Crippen molar-refractivity contribution < 1.29 is 34.2 Å². The van der Waals surface area contributed by atoms with Crippen molar-refractivity contribution in [2.45, 2.75) is 0 Å². The largest absolute Gasteiger partial charge is 0.478 e. The Morgan fingerprint density at radius 3 is 0.889 bits per heavy atom. The van der Waals surface area contributed by atoms with E-state index in [1.807, 2.05) is 0 Å². The number of benzene rings is 4. The summed E-state index contributed by atoms with van der Waals surface area (Å²) >= 11 is 0. The molecule has 0 aliphatic heterocycles. The van der Waals surface area contributed by atoms with E-state index in [1.54, 1.807) is 12.1 Å². The fourth-order valence-corrected chi connectivity index (χ4v) is 3.76. The monoisotopic (exact) mass is 478 g/mol. The predicted octanol–water partition coefficient (Wildman–Crippen LogP) is 4.78. The second-order valence-electron chi connectivity index (χ2n) is 7.84. The maximum atomic E-state index is 12.9. The molecule has 0 aliphatic carbocycles. The van der Waals surface area contributed by atoms with Crippen LogP contribution in [0.25, 0.3) is 0 Å². The lowest BCUT2D eigenvalue weighted by Crippen LogP contribution is -2.10. The molecule has 0 bridgehead atoms. The first-order valence-electron chi connectivity index (χ1n) is 10.8. The average molecular weight is 478 g/mol. The molecule has 0 aromatic heterocycles. The van der Waals surface area contributed by atoms with Crippen LogP contribution in [-0.2, 0) is 0 Å². The highest BCUT2D eigenvalue weighted by molar-refractivity contribution is 6.16. The molecule has 0 atom stereocenters. The summed E-state index contributed by atoms with van der Waals surface area (Å²) in [6.45, 7) is 0. The van der Waals surface area contributed by atoms with Gasteiger partial charge in [0.05, 0.1) is 11.1 Å². The molecule has 4 aromatic rings. The van der Waals surface area contributed by atoms with Crippen molar-refractivity contribution in [3.8, 4) is 0 Å². The molecule has 0 aliphatic rings. The fourth-order valence-electron chi connectivity index (χ4n) is 3.76. The summed E-state index contributed by atoms with van der Waals surface area (Å²) in [6.07, 6.45) is 0. The smallest absolute Gasteiger partial charge is 0.336 e. The standard InChI is InChI=1S/C29H18O7/c30-25(17-9-13-19(14-10-17)26(31)21-5-1-3-7-23(21)28(33)34)18-11-15-20(16-12-18)27(32)22-6-2-4-8-24(22)29(35)36/h1-16H,(H,33,34)(H,35,36). The summed E-state index contributed by atoms with van der Waals surface area (Å²) in [5.74, 6) is -3.71. The molecule has 7 heteroatoms. The molecule has 0 fully saturated rings. The van der Waals surface area contributed by atoms with Crippen LogP contribution in [0.15, 0.2) is 97.1 Å². The lowest BCUT2D eigenvalue weighted by atomic mass is 9.94. The van der Waals surface area contributed by atoms with Gasteiger partial charge in [-0.1, -0.05) is 84.9 Å². The SMILES string of the molecule is O=C(c1ccc(C(=O)c2ccccc2C(=O)O)cc1)c1ccc(C(=O)c2ccccc2C(=O)O)cc1. The van der Waals surface area contributed by atoms with Gasteiger partial charge in [0.15, 0.2) is 17.3 Å². The zero-order valence-electron chi connectivity index (χ0n) is 18.7. The molecule has 4 aromatic carbocycles. The van der Waals surface area contributed by atoms with Gasteiger partial charge in [0.1, 0.15) is 0 Å². The molecule has 0 heterocycles. The maximum absolute atomic E-state index is 12.9. The molecular formula is C29H18O7. The lowest BCUT2D eigenvalue weighted by molar-refractivity contribution is 0.0683. The molecule has 176 valence electrons. The molecule has 2 N–H and O–H groups in total. The number of aromatic carboxylic acids is 2. The highest BCUT2D eigenvalue weighted by Gasteiger charge is 2.20. The highest BCUT2D eigenvalue weighted by Crippen LogP contribution is 2.19. The number of carbonyl (C=O) groups excluding carboxylic acids is 3. The lowest BCUT2D eigenvalue weighted by Gasteiger charge is -2.08. The quantitative estimate of drug-likeness (QED) is 0.349. The van der Waals surface area contributed by atoms with Crippen molar-refractivity contribution in [2.24, 2.45) is 0 Å². The fraction of sp³-hybridized carbons (Fsp3) is 0. The van der Waals surface area contributed by atoms with Gasteiger partial charge in [0.25, 0.3) is 0 Å². The number of rotatable bonds is 8. The van der Waals surface area contributed by atoms with Gasteiger partial charge < -0.3 is 10.2 Å². The van der Waals surface area contributed by atoms with Crippen molar-refractivity contribution in [3.63, 3.8) is 0 Å². The van der Waals surface area contributed by atoms with Crippen LogP contribution in [-0.4, -0.2) is 39.5 Å². The van der Waals surface area contributed by atoms with E-state index < -0.39 is 23.5 Å². The molecular weight excluding hydrogens is 460 g/mol. The molecule has 0 saturated carbocycles. The highest BCUT2D eigenvalue weighted by atomic mass is 16.4. The van der Waals surface area contributed by atoms with Crippen LogP contribution < -0.4 is 0 Å². The Hall–Kier alpha value is -5.17. The van der Waals surface area contributed by atoms with Gasteiger partial charge in [-0.05, 0) is 12.1 Å². The Labute approximate surface area is 205 Å². The van der Waals surface area contributed by atoms with Gasteiger partial charge in [-0.3, -0.25) is 14.4 Å². The van der Waals surface area contributed by atoms with E-state index in [0.717, 1.165) is 0 Å². The normalized spacial score (nSPS) is 10.4. The maximum Gasteiger partial charge on any atom is 0.336 e. The molecule has 0 amide bonds. The van der Waals surface area contributed by atoms with Crippen LogP contribution >= 0.6 is 0 Å². The summed E-state index contributed by atoms with van der Waals surface area (Å²) in [4.78, 5) is 61.3. The van der Waals surface area contributed by atoms with Crippen LogP contribution in [0.3, 0.4) is 0 Å². The molecule has 4 rings (SSSR count). The van der Waals surface area contributed by atoms with Crippen LogP contribution in [0.5, 0.6) is 0 Å². The second kappa shape index (κ2) is 9.99. The van der Waals surface area contributed by atoms with Crippen molar-refractivity contribution in [3.05, 3.63) is 142 Å². The van der Waals surface area contributed by atoms with Gasteiger partial charge in [0.2, 0.25) is 0 Å². The van der Waals surface area contributed by atoms with Gasteiger partial charge in [0, 0.05) is 33.4 Å². The van der Waals surface area contributed by atoms with E-state index in [-0.39, 0.29) is 39.2 Å². The average Bonchev–Trinajstić information content (AvgIpc) is 2.92. The van der Waals surface area contributed by atoms with Gasteiger partial charge in [-0.15, -0.1) is 0 Å². The number of hydrogen-bond acceptors (Lipinski definition) is 5. The predicted molar refractivity (Wildman–Crippen MR) is 130 cm³/mol. The molecule has 0 saturated heterocycles. The van der Waals surface area contributed by atoms with E-state index in [9.17, 15) is 34.2 Å². The van der Waals surface area contributed by atoms with Gasteiger partial charge in [-0.25, -0.2) is 9.59 Å². The van der Waals surface area contributed by atoms with Crippen LogP contribution in [0.1, 0.15) is 68.5 Å². The molecule has 36 heavy (non-hydrogen) atoms. The summed E-state index contributed by atoms with van der Waals surface area (Å²) in [6, 6.07) is 23.5. The third-order valence-corrected chi connectivity index (χ3v) is 5.62. The van der Waals surface area contributed by atoms with Crippen LogP contribution in [0.2, 0.25) is 0 Å². The van der Waals surface area contributed by atoms with Gasteiger partial charge >= 0.3 is 11.9 Å². The van der Waals surface area contributed by atoms with Gasteiger partial charge in [-0.2, -0.15) is 0 Å². The molecule has 0 unspecified atom stereocenters.